The Labute approximate surface area is 121 Å². The first-order valence-electron chi connectivity index (χ1n) is 6.12. The molecule has 1 saturated heterocycles. The van der Waals surface area contributed by atoms with E-state index >= 15 is 0 Å². The third kappa shape index (κ3) is 3.73. The molecule has 1 aliphatic rings. The molecule has 0 atom stereocenters. The summed E-state index contributed by atoms with van der Waals surface area (Å²) in [4.78, 5) is 2.88. The number of hydrogen-bond acceptors (Lipinski definition) is 2. The van der Waals surface area contributed by atoms with E-state index in [1.807, 2.05) is 0 Å². The molecular weight excluding hydrogens is 315 g/mol. The Balaban J connectivity index is 1.83. The molecule has 0 saturated carbocycles. The predicted octanol–water partition coefficient (Wildman–Crippen LogP) is 2.95. The summed E-state index contributed by atoms with van der Waals surface area (Å²) in [6, 6.07) is 4.93. The summed E-state index contributed by atoms with van der Waals surface area (Å²) < 4.78 is 14.4. The van der Waals surface area contributed by atoms with Crippen molar-refractivity contribution in [2.45, 2.75) is 12.8 Å². The number of nitrogens with one attached hydrogen (secondary N) is 1. The van der Waals surface area contributed by atoms with Crippen LogP contribution in [0.15, 0.2) is 22.7 Å². The molecule has 0 spiro atoms. The Bertz CT molecular complexity index is 433. The molecule has 0 aromatic heterocycles. The maximum Gasteiger partial charge on any atom is 0.134 e. The van der Waals surface area contributed by atoms with Gasteiger partial charge in [-0.2, -0.15) is 0 Å². The zero-order chi connectivity index (χ0) is 13.0. The second kappa shape index (κ2) is 6.59. The van der Waals surface area contributed by atoms with Gasteiger partial charge in [0.05, 0.1) is 0 Å². The Morgan fingerprint density at radius 1 is 1.39 bits per heavy atom. The van der Waals surface area contributed by atoms with Crippen molar-refractivity contribution in [3.8, 4) is 0 Å². The van der Waals surface area contributed by atoms with Gasteiger partial charge in [0.25, 0.3) is 0 Å². The molecule has 0 unspecified atom stereocenters. The van der Waals surface area contributed by atoms with E-state index in [-0.39, 0.29) is 5.82 Å². The summed E-state index contributed by atoms with van der Waals surface area (Å²) >= 11 is 8.44. The Morgan fingerprint density at radius 3 is 2.78 bits per heavy atom. The van der Waals surface area contributed by atoms with Crippen molar-refractivity contribution in [3.05, 3.63) is 34.1 Å². The molecule has 5 heteroatoms. The third-order valence-corrected chi connectivity index (χ3v) is 3.95. The van der Waals surface area contributed by atoms with Gasteiger partial charge in [-0.3, -0.25) is 0 Å². The van der Waals surface area contributed by atoms with Gasteiger partial charge in [0, 0.05) is 23.1 Å². The van der Waals surface area contributed by atoms with Crippen LogP contribution in [-0.4, -0.2) is 36.1 Å². The Morgan fingerprint density at radius 2 is 2.11 bits per heavy atom. The predicted molar refractivity (Wildman–Crippen MR) is 79.5 cm³/mol. The van der Waals surface area contributed by atoms with E-state index in [4.69, 9.17) is 12.2 Å². The highest BCUT2D eigenvalue weighted by Crippen LogP contribution is 2.15. The maximum atomic E-state index is 13.7. The molecule has 98 valence electrons. The van der Waals surface area contributed by atoms with Crippen LogP contribution in [0.25, 0.3) is 0 Å². The van der Waals surface area contributed by atoms with E-state index in [9.17, 15) is 4.39 Å². The van der Waals surface area contributed by atoms with Crippen molar-refractivity contribution < 1.29 is 4.39 Å². The minimum Gasteiger partial charge on any atom is -0.374 e. The number of halogens is 2. The SMILES string of the molecule is Fc1cc(Br)ccc1C(=S)NCCN1CCCC1. The highest BCUT2D eigenvalue weighted by atomic mass is 79.9. The molecule has 1 aromatic rings. The molecule has 0 bridgehead atoms. The first-order chi connectivity index (χ1) is 8.66. The smallest absolute Gasteiger partial charge is 0.134 e. The van der Waals surface area contributed by atoms with Crippen molar-refractivity contribution in [2.75, 3.05) is 26.2 Å². The lowest BCUT2D eigenvalue weighted by molar-refractivity contribution is 0.344. The van der Waals surface area contributed by atoms with Gasteiger partial charge in [0.15, 0.2) is 0 Å². The van der Waals surface area contributed by atoms with Gasteiger partial charge in [-0.05, 0) is 44.1 Å². The first kappa shape index (κ1) is 13.9. The number of thiocarbonyl (C=S) groups is 1. The van der Waals surface area contributed by atoms with Crippen LogP contribution in [0.1, 0.15) is 18.4 Å². The molecule has 0 aliphatic carbocycles. The van der Waals surface area contributed by atoms with Crippen LogP contribution in [0.5, 0.6) is 0 Å². The molecule has 1 N–H and O–H groups in total. The largest absolute Gasteiger partial charge is 0.374 e. The fraction of sp³-hybridized carbons (Fsp3) is 0.462. The number of nitrogens with zero attached hydrogens (tertiary/aromatic N) is 1. The summed E-state index contributed by atoms with van der Waals surface area (Å²) in [5, 5.41) is 3.12. The van der Waals surface area contributed by atoms with Crippen LogP contribution in [-0.2, 0) is 0 Å². The van der Waals surface area contributed by atoms with E-state index in [1.165, 1.54) is 32.0 Å². The topological polar surface area (TPSA) is 15.3 Å². The summed E-state index contributed by atoms with van der Waals surface area (Å²) in [6.45, 7) is 4.08. The van der Waals surface area contributed by atoms with Crippen LogP contribution in [0.3, 0.4) is 0 Å². The fourth-order valence-corrected chi connectivity index (χ4v) is 2.70. The van der Waals surface area contributed by atoms with E-state index in [2.05, 4.69) is 26.1 Å². The molecular formula is C13H16BrFN2S. The molecule has 18 heavy (non-hydrogen) atoms. The molecule has 2 nitrogen and oxygen atoms in total. The monoisotopic (exact) mass is 330 g/mol. The Kier molecular flexibility index (Phi) is 5.09. The van der Waals surface area contributed by atoms with Crippen molar-refractivity contribution in [1.29, 1.82) is 0 Å². The summed E-state index contributed by atoms with van der Waals surface area (Å²) in [5.41, 5.74) is 0.467. The second-order valence-electron chi connectivity index (χ2n) is 4.43. The van der Waals surface area contributed by atoms with Crippen molar-refractivity contribution in [3.63, 3.8) is 0 Å². The van der Waals surface area contributed by atoms with Crippen molar-refractivity contribution in [2.24, 2.45) is 0 Å². The number of rotatable bonds is 4. The zero-order valence-electron chi connectivity index (χ0n) is 10.1. The highest BCUT2D eigenvalue weighted by Gasteiger charge is 2.12. The van der Waals surface area contributed by atoms with Crippen LogP contribution < -0.4 is 5.32 Å². The lowest BCUT2D eigenvalue weighted by Crippen LogP contribution is -2.33. The molecule has 2 rings (SSSR count). The average Bonchev–Trinajstić information content (AvgIpc) is 2.81. The van der Waals surface area contributed by atoms with Crippen molar-refractivity contribution in [1.82, 2.24) is 10.2 Å². The van der Waals surface area contributed by atoms with Gasteiger partial charge in [-0.25, -0.2) is 4.39 Å². The van der Waals surface area contributed by atoms with Gasteiger partial charge in [-0.1, -0.05) is 28.1 Å². The summed E-state index contributed by atoms with van der Waals surface area (Å²) in [5.74, 6) is -0.289. The summed E-state index contributed by atoms with van der Waals surface area (Å²) in [7, 11) is 0. The lowest BCUT2D eigenvalue weighted by atomic mass is 10.2. The van der Waals surface area contributed by atoms with Crippen LogP contribution >= 0.6 is 28.1 Å². The van der Waals surface area contributed by atoms with E-state index in [0.717, 1.165) is 17.6 Å². The molecule has 1 fully saturated rings. The van der Waals surface area contributed by atoms with E-state index in [1.54, 1.807) is 12.1 Å². The molecule has 0 radical (unpaired) electrons. The number of likely N-dealkylation sites (tertiary alicyclic amines) is 1. The van der Waals surface area contributed by atoms with Crippen molar-refractivity contribution >= 4 is 33.1 Å². The fourth-order valence-electron chi connectivity index (χ4n) is 2.10. The minimum atomic E-state index is -0.289. The zero-order valence-corrected chi connectivity index (χ0v) is 12.5. The van der Waals surface area contributed by atoms with Crippen LogP contribution in [0.4, 0.5) is 4.39 Å². The quantitative estimate of drug-likeness (QED) is 0.854. The number of hydrogen-bond donors (Lipinski definition) is 1. The molecule has 0 amide bonds. The van der Waals surface area contributed by atoms with Gasteiger partial charge in [0.1, 0.15) is 10.8 Å². The van der Waals surface area contributed by atoms with Gasteiger partial charge < -0.3 is 10.2 Å². The number of benzene rings is 1. The minimum absolute atomic E-state index is 0.289. The molecule has 1 aliphatic heterocycles. The standard InChI is InChI=1S/C13H16BrFN2S/c14-10-3-4-11(12(15)9-10)13(18)16-5-8-17-6-1-2-7-17/h3-4,9H,1-2,5-8H2,(H,16,18). The molecule has 1 heterocycles. The highest BCUT2D eigenvalue weighted by molar-refractivity contribution is 9.10. The third-order valence-electron chi connectivity index (χ3n) is 3.09. The van der Waals surface area contributed by atoms with E-state index < -0.39 is 0 Å². The van der Waals surface area contributed by atoms with Gasteiger partial charge in [-0.15, -0.1) is 0 Å². The Hall–Kier alpha value is -0.520. The van der Waals surface area contributed by atoms with Crippen LogP contribution in [0.2, 0.25) is 0 Å². The van der Waals surface area contributed by atoms with Crippen LogP contribution in [0, 0.1) is 5.82 Å². The van der Waals surface area contributed by atoms with E-state index in [0.29, 0.717) is 10.6 Å². The normalized spacial score (nSPS) is 15.9. The lowest BCUT2D eigenvalue weighted by Gasteiger charge is -2.16. The van der Waals surface area contributed by atoms with Gasteiger partial charge in [0.2, 0.25) is 0 Å². The maximum absolute atomic E-state index is 13.7. The molecule has 1 aromatic carbocycles. The van der Waals surface area contributed by atoms with Gasteiger partial charge >= 0.3 is 0 Å². The summed E-state index contributed by atoms with van der Waals surface area (Å²) in [6.07, 6.45) is 2.57. The average molecular weight is 331 g/mol. The first-order valence-corrected chi connectivity index (χ1v) is 7.32. The second-order valence-corrected chi connectivity index (χ2v) is 5.75.